The highest BCUT2D eigenvalue weighted by Crippen LogP contribution is 2.40. The van der Waals surface area contributed by atoms with Gasteiger partial charge in [0.1, 0.15) is 5.75 Å². The van der Waals surface area contributed by atoms with Crippen molar-refractivity contribution in [3.8, 4) is 5.75 Å². The van der Waals surface area contributed by atoms with E-state index in [9.17, 15) is 18.4 Å². The highest BCUT2D eigenvalue weighted by Gasteiger charge is 2.43. The first-order chi connectivity index (χ1) is 11.9. The van der Waals surface area contributed by atoms with Gasteiger partial charge in [-0.3, -0.25) is 4.90 Å². The van der Waals surface area contributed by atoms with E-state index in [4.69, 9.17) is 4.74 Å². The Labute approximate surface area is 143 Å². The maximum Gasteiger partial charge on any atom is 0.387 e. The van der Waals surface area contributed by atoms with Crippen LogP contribution in [-0.2, 0) is 9.53 Å². The van der Waals surface area contributed by atoms with Gasteiger partial charge in [-0.2, -0.15) is 8.78 Å². The SMILES string of the molecule is COC(=O)C1=C(C)N(C2CC2)C(=O)N[C@H]1c1ccccc1OC(F)F. The number of allylic oxidation sites excluding steroid dienone is 1. The molecule has 1 aromatic rings. The zero-order valence-corrected chi connectivity index (χ0v) is 13.8. The third-order valence-corrected chi connectivity index (χ3v) is 4.29. The van der Waals surface area contributed by atoms with Crippen molar-refractivity contribution in [3.05, 3.63) is 41.1 Å². The second-order valence-corrected chi connectivity index (χ2v) is 5.89. The van der Waals surface area contributed by atoms with Gasteiger partial charge in [-0.15, -0.1) is 0 Å². The number of ether oxygens (including phenoxy) is 2. The molecule has 1 N–H and O–H groups in total. The Kier molecular flexibility index (Phi) is 4.61. The van der Waals surface area contributed by atoms with Crippen LogP contribution in [0.5, 0.6) is 5.75 Å². The monoisotopic (exact) mass is 352 g/mol. The van der Waals surface area contributed by atoms with Crippen LogP contribution in [0.4, 0.5) is 13.6 Å². The summed E-state index contributed by atoms with van der Waals surface area (Å²) < 4.78 is 34.8. The standard InChI is InChI=1S/C17H18F2N2O4/c1-9-13(15(22)24-2)14(20-17(23)21(9)10-7-8-10)11-5-3-4-6-12(11)25-16(18)19/h3-6,10,14,16H,7-8H2,1-2H3,(H,20,23)/t14-/m0/s1. The van der Waals surface area contributed by atoms with Gasteiger partial charge in [0.25, 0.3) is 0 Å². The zero-order valence-electron chi connectivity index (χ0n) is 13.8. The van der Waals surface area contributed by atoms with Crippen molar-refractivity contribution in [2.45, 2.75) is 38.5 Å². The Hall–Kier alpha value is -2.64. The van der Waals surface area contributed by atoms with Gasteiger partial charge in [0, 0.05) is 17.3 Å². The van der Waals surface area contributed by atoms with E-state index in [1.807, 2.05) is 0 Å². The Morgan fingerprint density at radius 1 is 1.32 bits per heavy atom. The van der Waals surface area contributed by atoms with E-state index in [1.165, 1.54) is 30.2 Å². The number of rotatable bonds is 5. The molecule has 1 fully saturated rings. The second-order valence-electron chi connectivity index (χ2n) is 5.89. The summed E-state index contributed by atoms with van der Waals surface area (Å²) in [6.45, 7) is -1.36. The molecule has 134 valence electrons. The highest BCUT2D eigenvalue weighted by molar-refractivity contribution is 5.95. The van der Waals surface area contributed by atoms with Crippen molar-refractivity contribution in [1.82, 2.24) is 10.2 Å². The topological polar surface area (TPSA) is 67.9 Å². The highest BCUT2D eigenvalue weighted by atomic mass is 19.3. The number of carbonyl (C=O) groups is 2. The summed E-state index contributed by atoms with van der Waals surface area (Å²) in [5, 5.41) is 2.72. The predicted octanol–water partition coefficient (Wildman–Crippen LogP) is 2.96. The van der Waals surface area contributed by atoms with Crippen LogP contribution in [0.3, 0.4) is 0 Å². The van der Waals surface area contributed by atoms with E-state index in [1.54, 1.807) is 13.0 Å². The Balaban J connectivity index is 2.08. The minimum atomic E-state index is -3.02. The first-order valence-electron chi connectivity index (χ1n) is 7.86. The second kappa shape index (κ2) is 6.70. The number of amides is 2. The summed E-state index contributed by atoms with van der Waals surface area (Å²) in [6.07, 6.45) is 1.71. The largest absolute Gasteiger partial charge is 0.466 e. The first kappa shape index (κ1) is 17.2. The quantitative estimate of drug-likeness (QED) is 0.828. The van der Waals surface area contributed by atoms with Crippen LogP contribution in [0.1, 0.15) is 31.4 Å². The minimum absolute atomic E-state index is 0.0492. The lowest BCUT2D eigenvalue weighted by atomic mass is 9.94. The van der Waals surface area contributed by atoms with Gasteiger partial charge in [0.2, 0.25) is 0 Å². The lowest BCUT2D eigenvalue weighted by molar-refractivity contribution is -0.136. The van der Waals surface area contributed by atoms with Gasteiger partial charge in [-0.25, -0.2) is 9.59 Å². The third kappa shape index (κ3) is 3.29. The summed E-state index contributed by atoms with van der Waals surface area (Å²) in [5.74, 6) is -0.725. The average Bonchev–Trinajstić information content (AvgIpc) is 3.38. The number of hydrogen-bond acceptors (Lipinski definition) is 4. The first-order valence-corrected chi connectivity index (χ1v) is 7.86. The number of para-hydroxylation sites is 1. The lowest BCUT2D eigenvalue weighted by Crippen LogP contribution is -2.48. The summed E-state index contributed by atoms with van der Waals surface area (Å²) in [6, 6.07) is 4.81. The van der Waals surface area contributed by atoms with Crippen LogP contribution >= 0.6 is 0 Å². The number of methoxy groups -OCH3 is 1. The molecule has 0 radical (unpaired) electrons. The number of hydrogen-bond donors (Lipinski definition) is 1. The maximum absolute atomic E-state index is 12.7. The van der Waals surface area contributed by atoms with E-state index >= 15 is 0 Å². The molecule has 0 spiro atoms. The number of nitrogens with zero attached hydrogens (tertiary/aromatic N) is 1. The maximum atomic E-state index is 12.7. The molecule has 1 aliphatic carbocycles. The van der Waals surface area contributed by atoms with Gasteiger partial charge in [0.05, 0.1) is 18.7 Å². The van der Waals surface area contributed by atoms with Gasteiger partial charge < -0.3 is 14.8 Å². The summed E-state index contributed by atoms with van der Waals surface area (Å²) in [7, 11) is 1.24. The van der Waals surface area contributed by atoms with E-state index in [-0.39, 0.29) is 29.0 Å². The molecule has 1 aromatic carbocycles. The molecule has 0 aromatic heterocycles. The van der Waals surface area contributed by atoms with Crippen LogP contribution in [0.15, 0.2) is 35.5 Å². The normalized spacial score (nSPS) is 20.6. The average molecular weight is 352 g/mol. The fourth-order valence-corrected chi connectivity index (χ4v) is 3.06. The lowest BCUT2D eigenvalue weighted by Gasteiger charge is -2.35. The number of alkyl halides is 2. The Bertz CT molecular complexity index is 731. The smallest absolute Gasteiger partial charge is 0.387 e. The molecule has 0 unspecified atom stereocenters. The van der Waals surface area contributed by atoms with Gasteiger partial charge >= 0.3 is 18.6 Å². The fourth-order valence-electron chi connectivity index (χ4n) is 3.06. The number of halogens is 2. The van der Waals surface area contributed by atoms with Gasteiger partial charge in [-0.05, 0) is 25.8 Å². The molecule has 1 aliphatic heterocycles. The van der Waals surface area contributed by atoms with Crippen molar-refractivity contribution < 1.29 is 27.8 Å². The van der Waals surface area contributed by atoms with Crippen LogP contribution in [-0.4, -0.2) is 36.7 Å². The molecule has 1 atom stereocenters. The molecule has 8 heteroatoms. The molecule has 1 saturated carbocycles. The molecule has 2 amide bonds. The van der Waals surface area contributed by atoms with Crippen LogP contribution < -0.4 is 10.1 Å². The molecule has 2 aliphatic rings. The molecule has 0 saturated heterocycles. The predicted molar refractivity (Wildman–Crippen MR) is 83.9 cm³/mol. The van der Waals surface area contributed by atoms with Crippen molar-refractivity contribution in [2.24, 2.45) is 0 Å². The minimum Gasteiger partial charge on any atom is -0.466 e. The van der Waals surface area contributed by atoms with E-state index in [0.29, 0.717) is 5.70 Å². The van der Waals surface area contributed by atoms with E-state index in [0.717, 1.165) is 12.8 Å². The Morgan fingerprint density at radius 3 is 2.60 bits per heavy atom. The number of benzene rings is 1. The molecular weight excluding hydrogens is 334 g/mol. The van der Waals surface area contributed by atoms with Crippen molar-refractivity contribution in [1.29, 1.82) is 0 Å². The van der Waals surface area contributed by atoms with Crippen LogP contribution in [0.2, 0.25) is 0 Å². The van der Waals surface area contributed by atoms with Crippen LogP contribution in [0, 0.1) is 0 Å². The summed E-state index contributed by atoms with van der Waals surface area (Å²) in [5.41, 5.74) is 0.945. The zero-order chi connectivity index (χ0) is 18.1. The summed E-state index contributed by atoms with van der Waals surface area (Å²) >= 11 is 0. The van der Waals surface area contributed by atoms with E-state index < -0.39 is 18.6 Å². The molecule has 3 rings (SSSR count). The third-order valence-electron chi connectivity index (χ3n) is 4.29. The molecule has 0 bridgehead atoms. The Morgan fingerprint density at radius 2 is 2.00 bits per heavy atom. The number of nitrogens with one attached hydrogen (secondary N) is 1. The van der Waals surface area contributed by atoms with Gasteiger partial charge in [0.15, 0.2) is 0 Å². The molecule has 25 heavy (non-hydrogen) atoms. The number of carbonyl (C=O) groups excluding carboxylic acids is 2. The van der Waals surface area contributed by atoms with E-state index in [2.05, 4.69) is 10.1 Å². The van der Waals surface area contributed by atoms with Crippen molar-refractivity contribution >= 4 is 12.0 Å². The molecule has 1 heterocycles. The number of esters is 1. The van der Waals surface area contributed by atoms with Crippen molar-refractivity contribution in [3.63, 3.8) is 0 Å². The molecular formula is C17H18F2N2O4. The van der Waals surface area contributed by atoms with Crippen LogP contribution in [0.25, 0.3) is 0 Å². The summed E-state index contributed by atoms with van der Waals surface area (Å²) in [4.78, 5) is 26.4. The molecule has 6 nitrogen and oxygen atoms in total. The van der Waals surface area contributed by atoms with Crippen molar-refractivity contribution in [2.75, 3.05) is 7.11 Å². The van der Waals surface area contributed by atoms with Gasteiger partial charge in [-0.1, -0.05) is 18.2 Å². The fraction of sp³-hybridized carbons (Fsp3) is 0.412. The number of urea groups is 1.